The Bertz CT molecular complexity index is 399. The third-order valence-corrected chi connectivity index (χ3v) is 2.21. The maximum Gasteiger partial charge on any atom is 0.242 e. The summed E-state index contributed by atoms with van der Waals surface area (Å²) in [6.07, 6.45) is 1.81. The van der Waals surface area contributed by atoms with Crippen molar-refractivity contribution >= 4 is 11.5 Å². The Morgan fingerprint density at radius 2 is 1.89 bits per heavy atom. The zero-order valence-corrected chi connectivity index (χ0v) is 12.0. The monoisotopic (exact) mass is 252 g/mol. The van der Waals surface area contributed by atoms with E-state index in [0.29, 0.717) is 24.0 Å². The fraction of sp³-hybridized carbons (Fsp3) is 0.692. The fourth-order valence-electron chi connectivity index (χ4n) is 1.53. The number of aryl methyl sites for hydroxylation is 1. The molecule has 0 atom stereocenters. The SMILES string of the molecule is CCCc1nc(NC(C)(C)C)c(N)c(OCC)n1. The van der Waals surface area contributed by atoms with Crippen LogP contribution >= 0.6 is 0 Å². The van der Waals surface area contributed by atoms with Gasteiger partial charge < -0.3 is 15.8 Å². The molecule has 1 heterocycles. The third-order valence-electron chi connectivity index (χ3n) is 2.21. The van der Waals surface area contributed by atoms with Gasteiger partial charge in [-0.15, -0.1) is 0 Å². The molecule has 3 N–H and O–H groups in total. The van der Waals surface area contributed by atoms with Gasteiger partial charge in [0.05, 0.1) is 6.61 Å². The van der Waals surface area contributed by atoms with Crippen LogP contribution in [-0.2, 0) is 6.42 Å². The summed E-state index contributed by atoms with van der Waals surface area (Å²) in [5.74, 6) is 1.90. The van der Waals surface area contributed by atoms with Crippen LogP contribution in [0.1, 0.15) is 46.9 Å². The van der Waals surface area contributed by atoms with Gasteiger partial charge in [0.25, 0.3) is 0 Å². The van der Waals surface area contributed by atoms with Crippen molar-refractivity contribution in [3.63, 3.8) is 0 Å². The molecule has 0 saturated carbocycles. The fourth-order valence-corrected chi connectivity index (χ4v) is 1.53. The summed E-state index contributed by atoms with van der Waals surface area (Å²) in [7, 11) is 0. The number of hydrogen-bond acceptors (Lipinski definition) is 5. The first-order valence-corrected chi connectivity index (χ1v) is 6.44. The predicted molar refractivity (Wildman–Crippen MR) is 75.0 cm³/mol. The van der Waals surface area contributed by atoms with E-state index in [-0.39, 0.29) is 5.54 Å². The lowest BCUT2D eigenvalue weighted by molar-refractivity contribution is 0.327. The molecule has 0 radical (unpaired) electrons. The quantitative estimate of drug-likeness (QED) is 0.842. The summed E-state index contributed by atoms with van der Waals surface area (Å²) in [5, 5.41) is 3.29. The molecule has 5 nitrogen and oxygen atoms in total. The van der Waals surface area contributed by atoms with Gasteiger partial charge in [0.15, 0.2) is 5.82 Å². The van der Waals surface area contributed by atoms with Crippen LogP contribution in [0, 0.1) is 0 Å². The average molecular weight is 252 g/mol. The molecule has 0 saturated heterocycles. The van der Waals surface area contributed by atoms with E-state index in [1.807, 2.05) is 6.92 Å². The molecule has 0 spiro atoms. The van der Waals surface area contributed by atoms with Gasteiger partial charge in [-0.05, 0) is 34.1 Å². The predicted octanol–water partition coefficient (Wildman–Crippen LogP) is 2.62. The Balaban J connectivity index is 3.13. The first kappa shape index (κ1) is 14.5. The topological polar surface area (TPSA) is 73.1 Å². The Hall–Kier alpha value is -1.52. The number of hydrogen-bond donors (Lipinski definition) is 2. The number of aromatic nitrogens is 2. The largest absolute Gasteiger partial charge is 0.476 e. The summed E-state index contributed by atoms with van der Waals surface area (Å²) in [4.78, 5) is 8.81. The molecule has 0 bridgehead atoms. The molecule has 0 unspecified atom stereocenters. The Kier molecular flexibility index (Phi) is 4.76. The molecule has 18 heavy (non-hydrogen) atoms. The molecular weight excluding hydrogens is 228 g/mol. The number of anilines is 2. The van der Waals surface area contributed by atoms with Gasteiger partial charge in [-0.1, -0.05) is 6.92 Å². The summed E-state index contributed by atoms with van der Waals surface area (Å²) in [6, 6.07) is 0. The van der Waals surface area contributed by atoms with E-state index in [1.54, 1.807) is 0 Å². The standard InChI is InChI=1S/C13H24N4O/c1-6-8-9-15-11(17-13(3,4)5)10(14)12(16-9)18-7-2/h6-8,14H2,1-5H3,(H,15,16,17). The van der Waals surface area contributed by atoms with Crippen molar-refractivity contribution in [1.29, 1.82) is 0 Å². The van der Waals surface area contributed by atoms with Crippen molar-refractivity contribution in [2.75, 3.05) is 17.7 Å². The van der Waals surface area contributed by atoms with Crippen LogP contribution < -0.4 is 15.8 Å². The van der Waals surface area contributed by atoms with Crippen LogP contribution in [0.5, 0.6) is 5.88 Å². The molecule has 102 valence electrons. The lowest BCUT2D eigenvalue weighted by Crippen LogP contribution is -2.28. The minimum absolute atomic E-state index is 0.102. The number of rotatable bonds is 5. The first-order valence-electron chi connectivity index (χ1n) is 6.44. The highest BCUT2D eigenvalue weighted by molar-refractivity contribution is 5.67. The molecular formula is C13H24N4O. The Morgan fingerprint density at radius 3 is 2.39 bits per heavy atom. The van der Waals surface area contributed by atoms with Gasteiger partial charge in [-0.25, -0.2) is 4.98 Å². The lowest BCUT2D eigenvalue weighted by Gasteiger charge is -2.23. The van der Waals surface area contributed by atoms with Gasteiger partial charge >= 0.3 is 0 Å². The number of nitrogens with one attached hydrogen (secondary N) is 1. The van der Waals surface area contributed by atoms with E-state index in [9.17, 15) is 0 Å². The molecule has 0 aliphatic carbocycles. The summed E-state index contributed by atoms with van der Waals surface area (Å²) >= 11 is 0. The summed E-state index contributed by atoms with van der Waals surface area (Å²) in [6.45, 7) is 10.7. The number of ether oxygens (including phenoxy) is 1. The van der Waals surface area contributed by atoms with Crippen LogP contribution in [0.15, 0.2) is 0 Å². The minimum Gasteiger partial charge on any atom is -0.476 e. The maximum atomic E-state index is 6.03. The molecule has 0 aliphatic heterocycles. The molecule has 0 aliphatic rings. The molecule has 5 heteroatoms. The maximum absolute atomic E-state index is 6.03. The lowest BCUT2D eigenvalue weighted by atomic mass is 10.1. The minimum atomic E-state index is -0.102. The molecule has 0 aromatic carbocycles. The Labute approximate surface area is 109 Å². The number of nitrogens with two attached hydrogens (primary N) is 1. The third kappa shape index (κ3) is 4.05. The van der Waals surface area contributed by atoms with Crippen LogP contribution in [0.3, 0.4) is 0 Å². The summed E-state index contributed by atoms with van der Waals surface area (Å²) < 4.78 is 5.46. The number of nitrogen functional groups attached to an aromatic ring is 1. The first-order chi connectivity index (χ1) is 8.37. The van der Waals surface area contributed by atoms with Crippen molar-refractivity contribution in [1.82, 2.24) is 9.97 Å². The molecule has 0 fully saturated rings. The van der Waals surface area contributed by atoms with Gasteiger partial charge in [0.2, 0.25) is 5.88 Å². The molecule has 1 aromatic rings. The van der Waals surface area contributed by atoms with Crippen LogP contribution in [0.25, 0.3) is 0 Å². The van der Waals surface area contributed by atoms with Crippen LogP contribution in [0.4, 0.5) is 11.5 Å². The van der Waals surface area contributed by atoms with E-state index < -0.39 is 0 Å². The zero-order chi connectivity index (χ0) is 13.8. The van der Waals surface area contributed by atoms with Gasteiger partial charge in [-0.2, -0.15) is 4.98 Å². The van der Waals surface area contributed by atoms with Crippen molar-refractivity contribution in [3.8, 4) is 5.88 Å². The van der Waals surface area contributed by atoms with E-state index >= 15 is 0 Å². The van der Waals surface area contributed by atoms with E-state index in [0.717, 1.165) is 18.7 Å². The van der Waals surface area contributed by atoms with Gasteiger partial charge in [-0.3, -0.25) is 0 Å². The summed E-state index contributed by atoms with van der Waals surface area (Å²) in [5.41, 5.74) is 6.41. The van der Waals surface area contributed by atoms with Gasteiger partial charge in [0, 0.05) is 12.0 Å². The highest BCUT2D eigenvalue weighted by atomic mass is 16.5. The number of nitrogens with zero attached hydrogens (tertiary/aromatic N) is 2. The van der Waals surface area contributed by atoms with E-state index in [2.05, 4.69) is 43.0 Å². The van der Waals surface area contributed by atoms with Crippen molar-refractivity contribution in [2.24, 2.45) is 0 Å². The van der Waals surface area contributed by atoms with Crippen LogP contribution in [-0.4, -0.2) is 22.1 Å². The van der Waals surface area contributed by atoms with Gasteiger partial charge in [0.1, 0.15) is 11.5 Å². The van der Waals surface area contributed by atoms with E-state index in [4.69, 9.17) is 10.5 Å². The zero-order valence-electron chi connectivity index (χ0n) is 12.0. The highest BCUT2D eigenvalue weighted by Gasteiger charge is 2.17. The second kappa shape index (κ2) is 5.89. The average Bonchev–Trinajstić information content (AvgIpc) is 2.23. The normalized spacial score (nSPS) is 11.4. The van der Waals surface area contributed by atoms with Crippen LogP contribution in [0.2, 0.25) is 0 Å². The second-order valence-corrected chi connectivity index (χ2v) is 5.27. The van der Waals surface area contributed by atoms with Crippen molar-refractivity contribution in [2.45, 2.75) is 53.0 Å². The molecule has 0 amide bonds. The Morgan fingerprint density at radius 1 is 1.22 bits per heavy atom. The van der Waals surface area contributed by atoms with Crippen molar-refractivity contribution < 1.29 is 4.74 Å². The van der Waals surface area contributed by atoms with Crippen molar-refractivity contribution in [3.05, 3.63) is 5.82 Å². The smallest absolute Gasteiger partial charge is 0.242 e. The molecule has 1 aromatic heterocycles. The highest BCUT2D eigenvalue weighted by Crippen LogP contribution is 2.28. The molecule has 1 rings (SSSR count). The van der Waals surface area contributed by atoms with E-state index in [1.165, 1.54) is 0 Å². The second-order valence-electron chi connectivity index (χ2n) is 5.27.